The maximum absolute atomic E-state index is 12.4. The summed E-state index contributed by atoms with van der Waals surface area (Å²) in [6.07, 6.45) is 0.494. The number of amides is 1. The number of nitrogens with zero attached hydrogens (tertiary/aromatic N) is 4. The number of likely N-dealkylation sites (N-methyl/N-ethyl adjacent to an activating group) is 1. The van der Waals surface area contributed by atoms with Crippen molar-refractivity contribution in [2.75, 3.05) is 63.1 Å². The van der Waals surface area contributed by atoms with Crippen molar-refractivity contribution in [3.8, 4) is 0 Å². The lowest BCUT2D eigenvalue weighted by molar-refractivity contribution is -0.116. The van der Waals surface area contributed by atoms with Crippen LogP contribution in [0.25, 0.3) is 10.9 Å². The Bertz CT molecular complexity index is 731. The molecule has 3 rings (SSSR count). The minimum atomic E-state index is 0.0190. The van der Waals surface area contributed by atoms with Gasteiger partial charge in [-0.3, -0.25) is 9.89 Å². The molecule has 142 valence electrons. The first-order valence-electron chi connectivity index (χ1n) is 9.54. The molecule has 1 aliphatic rings. The first-order valence-corrected chi connectivity index (χ1v) is 9.54. The average Bonchev–Trinajstić information content (AvgIpc) is 3.04. The predicted molar refractivity (Wildman–Crippen MR) is 107 cm³/mol. The molecule has 0 atom stereocenters. The first kappa shape index (κ1) is 18.7. The average molecular weight is 358 g/mol. The molecule has 7 heteroatoms. The number of aromatic nitrogens is 2. The van der Waals surface area contributed by atoms with Gasteiger partial charge in [-0.1, -0.05) is 0 Å². The SMILES string of the molecule is CCN(CC)c1ccc2[nH]nc(NC(=O)CCN3CCN(C)CC3)c2c1. The highest BCUT2D eigenvalue weighted by atomic mass is 16.1. The van der Waals surface area contributed by atoms with E-state index in [2.05, 4.69) is 63.2 Å². The van der Waals surface area contributed by atoms with Crippen LogP contribution in [0.3, 0.4) is 0 Å². The van der Waals surface area contributed by atoms with E-state index in [1.807, 2.05) is 6.07 Å². The zero-order chi connectivity index (χ0) is 18.5. The normalized spacial score (nSPS) is 16.1. The van der Waals surface area contributed by atoms with E-state index in [1.165, 1.54) is 0 Å². The van der Waals surface area contributed by atoms with Gasteiger partial charge in [-0.15, -0.1) is 0 Å². The van der Waals surface area contributed by atoms with E-state index in [9.17, 15) is 4.79 Å². The molecule has 1 aromatic carbocycles. The van der Waals surface area contributed by atoms with Crippen LogP contribution in [0.1, 0.15) is 20.3 Å². The highest BCUT2D eigenvalue weighted by molar-refractivity contribution is 6.00. The minimum absolute atomic E-state index is 0.0190. The molecule has 7 nitrogen and oxygen atoms in total. The molecule has 1 saturated heterocycles. The molecule has 1 amide bonds. The first-order chi connectivity index (χ1) is 12.6. The minimum Gasteiger partial charge on any atom is -0.372 e. The standard InChI is InChI=1S/C19H30N6O/c1-4-25(5-2)15-6-7-17-16(14-15)19(22-21-17)20-18(26)8-9-24-12-10-23(3)11-13-24/h6-7,14H,4-5,8-13H2,1-3H3,(H2,20,21,22,26). The summed E-state index contributed by atoms with van der Waals surface area (Å²) in [4.78, 5) is 19.3. The molecule has 0 radical (unpaired) electrons. The Hall–Kier alpha value is -2.12. The van der Waals surface area contributed by atoms with Crippen LogP contribution in [0.2, 0.25) is 0 Å². The van der Waals surface area contributed by atoms with Gasteiger partial charge in [-0.05, 0) is 39.1 Å². The summed E-state index contributed by atoms with van der Waals surface area (Å²) < 4.78 is 0. The fourth-order valence-electron chi connectivity index (χ4n) is 3.41. The van der Waals surface area contributed by atoms with E-state index in [4.69, 9.17) is 0 Å². The number of nitrogens with one attached hydrogen (secondary N) is 2. The van der Waals surface area contributed by atoms with E-state index in [-0.39, 0.29) is 5.91 Å². The highest BCUT2D eigenvalue weighted by Gasteiger charge is 2.16. The van der Waals surface area contributed by atoms with Gasteiger partial charge in [-0.25, -0.2) is 0 Å². The van der Waals surface area contributed by atoms with E-state index in [0.29, 0.717) is 12.2 Å². The number of benzene rings is 1. The smallest absolute Gasteiger partial charge is 0.226 e. The van der Waals surface area contributed by atoms with Crippen LogP contribution in [0.15, 0.2) is 18.2 Å². The second-order valence-corrected chi connectivity index (χ2v) is 6.92. The fraction of sp³-hybridized carbons (Fsp3) is 0.579. The van der Waals surface area contributed by atoms with Gasteiger partial charge in [-0.2, -0.15) is 5.10 Å². The number of fused-ring (bicyclic) bond motifs is 1. The number of carbonyl (C=O) groups is 1. The summed E-state index contributed by atoms with van der Waals surface area (Å²) in [5, 5.41) is 11.2. The van der Waals surface area contributed by atoms with E-state index in [1.54, 1.807) is 0 Å². The van der Waals surface area contributed by atoms with Crippen molar-refractivity contribution < 1.29 is 4.79 Å². The van der Waals surface area contributed by atoms with Gasteiger partial charge in [0.25, 0.3) is 0 Å². The Morgan fingerprint density at radius 3 is 2.65 bits per heavy atom. The van der Waals surface area contributed by atoms with Gasteiger partial charge in [0, 0.05) is 63.3 Å². The third kappa shape index (κ3) is 4.34. The predicted octanol–water partition coefficient (Wildman–Crippen LogP) is 1.99. The summed E-state index contributed by atoms with van der Waals surface area (Å²) in [6.45, 7) is 11.2. The maximum atomic E-state index is 12.4. The van der Waals surface area contributed by atoms with Gasteiger partial charge in [0.05, 0.1) is 5.52 Å². The quantitative estimate of drug-likeness (QED) is 0.792. The number of rotatable bonds is 7. The Morgan fingerprint density at radius 1 is 1.23 bits per heavy atom. The van der Waals surface area contributed by atoms with E-state index >= 15 is 0 Å². The molecular formula is C19H30N6O. The number of aromatic amines is 1. The molecule has 2 heterocycles. The summed E-state index contributed by atoms with van der Waals surface area (Å²) in [7, 11) is 2.14. The monoisotopic (exact) mass is 358 g/mol. The van der Waals surface area contributed by atoms with Gasteiger partial charge >= 0.3 is 0 Å². The van der Waals surface area contributed by atoms with Crippen molar-refractivity contribution in [2.24, 2.45) is 0 Å². The number of hydrogen-bond donors (Lipinski definition) is 2. The van der Waals surface area contributed by atoms with E-state index < -0.39 is 0 Å². The highest BCUT2D eigenvalue weighted by Crippen LogP contribution is 2.26. The Labute approximate surface area is 155 Å². The van der Waals surface area contributed by atoms with Crippen LogP contribution in [0.5, 0.6) is 0 Å². The molecule has 26 heavy (non-hydrogen) atoms. The van der Waals surface area contributed by atoms with Gasteiger partial charge in [0.2, 0.25) is 5.91 Å². The topological polar surface area (TPSA) is 67.5 Å². The fourth-order valence-corrected chi connectivity index (χ4v) is 3.41. The maximum Gasteiger partial charge on any atom is 0.226 e. The second-order valence-electron chi connectivity index (χ2n) is 6.92. The van der Waals surface area contributed by atoms with Gasteiger partial charge in [0.1, 0.15) is 0 Å². The largest absolute Gasteiger partial charge is 0.372 e. The molecule has 2 aromatic rings. The van der Waals surface area contributed by atoms with Crippen LogP contribution < -0.4 is 10.2 Å². The van der Waals surface area contributed by atoms with Gasteiger partial charge < -0.3 is 20.0 Å². The molecule has 0 unspecified atom stereocenters. The molecule has 0 bridgehead atoms. The number of carbonyl (C=O) groups excluding carboxylic acids is 1. The molecular weight excluding hydrogens is 328 g/mol. The summed E-state index contributed by atoms with van der Waals surface area (Å²) >= 11 is 0. The van der Waals surface area contributed by atoms with Gasteiger partial charge in [0.15, 0.2) is 5.82 Å². The van der Waals surface area contributed by atoms with E-state index in [0.717, 1.165) is 62.4 Å². The van der Waals surface area contributed by atoms with Crippen LogP contribution in [0, 0.1) is 0 Å². The number of hydrogen-bond acceptors (Lipinski definition) is 5. The molecule has 0 spiro atoms. The lowest BCUT2D eigenvalue weighted by atomic mass is 10.2. The van der Waals surface area contributed by atoms with Crippen molar-refractivity contribution in [1.29, 1.82) is 0 Å². The lowest BCUT2D eigenvalue weighted by Gasteiger charge is -2.32. The van der Waals surface area contributed by atoms with Crippen molar-refractivity contribution >= 4 is 28.3 Å². The summed E-state index contributed by atoms with van der Waals surface area (Å²) in [5.74, 6) is 0.642. The van der Waals surface area contributed by atoms with Crippen molar-refractivity contribution in [2.45, 2.75) is 20.3 Å². The zero-order valence-corrected chi connectivity index (χ0v) is 16.1. The van der Waals surface area contributed by atoms with Crippen LogP contribution in [-0.2, 0) is 4.79 Å². The molecule has 0 aliphatic carbocycles. The van der Waals surface area contributed by atoms with Crippen molar-refractivity contribution in [3.63, 3.8) is 0 Å². The molecule has 1 aliphatic heterocycles. The third-order valence-corrected chi connectivity index (χ3v) is 5.18. The second kappa shape index (κ2) is 8.51. The summed E-state index contributed by atoms with van der Waals surface area (Å²) in [6, 6.07) is 6.21. The molecule has 2 N–H and O–H groups in total. The Morgan fingerprint density at radius 2 is 1.96 bits per heavy atom. The molecule has 1 aromatic heterocycles. The Balaban J connectivity index is 1.62. The Kier molecular flexibility index (Phi) is 6.11. The van der Waals surface area contributed by atoms with Crippen LogP contribution >= 0.6 is 0 Å². The van der Waals surface area contributed by atoms with Crippen molar-refractivity contribution in [3.05, 3.63) is 18.2 Å². The zero-order valence-electron chi connectivity index (χ0n) is 16.1. The number of H-pyrrole nitrogens is 1. The lowest BCUT2D eigenvalue weighted by Crippen LogP contribution is -2.45. The summed E-state index contributed by atoms with van der Waals surface area (Å²) in [5.41, 5.74) is 2.09. The van der Waals surface area contributed by atoms with Crippen LogP contribution in [-0.4, -0.2) is 78.8 Å². The van der Waals surface area contributed by atoms with Crippen molar-refractivity contribution in [1.82, 2.24) is 20.0 Å². The third-order valence-electron chi connectivity index (χ3n) is 5.18. The number of piperazine rings is 1. The van der Waals surface area contributed by atoms with Crippen LogP contribution in [0.4, 0.5) is 11.5 Å². The molecule has 0 saturated carbocycles. The molecule has 1 fully saturated rings. The number of anilines is 2.